The fourth-order valence-corrected chi connectivity index (χ4v) is 3.73. The third kappa shape index (κ3) is 4.39. The van der Waals surface area contributed by atoms with E-state index in [0.29, 0.717) is 11.0 Å². The molecule has 132 valence electrons. The lowest BCUT2D eigenvalue weighted by atomic mass is 10.0. The summed E-state index contributed by atoms with van der Waals surface area (Å²) in [6.07, 6.45) is 0. The number of hydrazone groups is 1. The van der Waals surface area contributed by atoms with Crippen LogP contribution in [0.3, 0.4) is 0 Å². The first kappa shape index (κ1) is 18.4. The number of nitrogens with one attached hydrogen (secondary N) is 1. The summed E-state index contributed by atoms with van der Waals surface area (Å²) in [6, 6.07) is 26.1. The van der Waals surface area contributed by atoms with Crippen LogP contribution in [0.4, 0.5) is 0 Å². The van der Waals surface area contributed by atoms with Crippen molar-refractivity contribution in [3.05, 3.63) is 90.5 Å². The first-order valence-corrected chi connectivity index (χ1v) is 10.6. The molecule has 0 fully saturated rings. The third-order valence-electron chi connectivity index (χ3n) is 3.81. The summed E-state index contributed by atoms with van der Waals surface area (Å²) in [5, 5.41) is 4.52. The maximum absolute atomic E-state index is 12.3. The Morgan fingerprint density at radius 3 is 1.92 bits per heavy atom. The highest BCUT2D eigenvalue weighted by atomic mass is 79.9. The summed E-state index contributed by atoms with van der Waals surface area (Å²) in [7, 11) is -3.68. The minimum Gasteiger partial charge on any atom is -0.200 e. The van der Waals surface area contributed by atoms with E-state index in [1.165, 1.54) is 12.1 Å². The van der Waals surface area contributed by atoms with E-state index in [1.54, 1.807) is 18.2 Å². The molecular formula is C20H17BrN2O2S. The van der Waals surface area contributed by atoms with Crippen LogP contribution in [-0.4, -0.2) is 19.5 Å². The standard InChI is InChI=1S/C20H17BrN2O2S/c21-15-20(22-23-26(24,25)19-9-5-2-6-10-19)18-13-11-17(12-14-18)16-7-3-1-4-8-16/h1-14,23H,15H2/b22-20+. The average molecular weight is 429 g/mol. The number of halogens is 1. The van der Waals surface area contributed by atoms with E-state index in [4.69, 9.17) is 0 Å². The maximum atomic E-state index is 12.3. The number of benzene rings is 3. The highest BCUT2D eigenvalue weighted by molar-refractivity contribution is 9.09. The Kier molecular flexibility index (Phi) is 5.85. The Bertz CT molecular complexity index is 987. The summed E-state index contributed by atoms with van der Waals surface area (Å²) >= 11 is 3.37. The molecule has 0 aliphatic carbocycles. The van der Waals surface area contributed by atoms with Crippen LogP contribution in [0.2, 0.25) is 0 Å². The molecule has 0 unspecified atom stereocenters. The fraction of sp³-hybridized carbons (Fsp3) is 0.0500. The second kappa shape index (κ2) is 8.29. The molecule has 0 spiro atoms. The van der Waals surface area contributed by atoms with Crippen molar-refractivity contribution in [3.63, 3.8) is 0 Å². The molecule has 3 rings (SSSR count). The molecule has 0 aliphatic rings. The van der Waals surface area contributed by atoms with Crippen molar-refractivity contribution in [2.24, 2.45) is 5.10 Å². The first-order chi connectivity index (χ1) is 12.6. The van der Waals surface area contributed by atoms with Crippen molar-refractivity contribution in [2.75, 3.05) is 5.33 Å². The van der Waals surface area contributed by atoms with Gasteiger partial charge in [0.2, 0.25) is 0 Å². The van der Waals surface area contributed by atoms with Crippen molar-refractivity contribution in [2.45, 2.75) is 4.90 Å². The fourth-order valence-electron chi connectivity index (χ4n) is 2.42. The highest BCUT2D eigenvalue weighted by Crippen LogP contribution is 2.20. The minimum atomic E-state index is -3.68. The van der Waals surface area contributed by atoms with Crippen molar-refractivity contribution in [1.29, 1.82) is 0 Å². The molecule has 0 aromatic heterocycles. The molecule has 4 nitrogen and oxygen atoms in total. The van der Waals surface area contributed by atoms with Gasteiger partial charge in [-0.15, -0.1) is 0 Å². The molecule has 0 heterocycles. The Hall–Kier alpha value is -2.44. The van der Waals surface area contributed by atoms with Gasteiger partial charge in [-0.3, -0.25) is 0 Å². The minimum absolute atomic E-state index is 0.178. The second-order valence-electron chi connectivity index (χ2n) is 5.54. The highest BCUT2D eigenvalue weighted by Gasteiger charge is 2.13. The summed E-state index contributed by atoms with van der Waals surface area (Å²) < 4.78 is 24.6. The van der Waals surface area contributed by atoms with Crippen LogP contribution in [0, 0.1) is 0 Å². The molecule has 3 aromatic rings. The number of sulfonamides is 1. The molecule has 1 N–H and O–H groups in total. The summed E-state index contributed by atoms with van der Waals surface area (Å²) in [5.74, 6) is 0. The number of alkyl halides is 1. The van der Waals surface area contributed by atoms with Crippen LogP contribution < -0.4 is 4.83 Å². The van der Waals surface area contributed by atoms with Gasteiger partial charge in [0.1, 0.15) is 0 Å². The van der Waals surface area contributed by atoms with Crippen LogP contribution in [0.15, 0.2) is 94.9 Å². The Balaban J connectivity index is 1.81. The van der Waals surface area contributed by atoms with Crippen LogP contribution in [0.25, 0.3) is 11.1 Å². The number of rotatable bonds is 6. The smallest absolute Gasteiger partial charge is 0.200 e. The van der Waals surface area contributed by atoms with Crippen LogP contribution in [0.1, 0.15) is 5.56 Å². The van der Waals surface area contributed by atoms with Gasteiger partial charge in [0, 0.05) is 5.33 Å². The lowest BCUT2D eigenvalue weighted by Crippen LogP contribution is -2.21. The second-order valence-corrected chi connectivity index (χ2v) is 7.76. The molecule has 0 amide bonds. The molecule has 0 radical (unpaired) electrons. The average Bonchev–Trinajstić information content (AvgIpc) is 2.70. The molecule has 3 aromatic carbocycles. The summed E-state index contributed by atoms with van der Waals surface area (Å²) in [5.41, 5.74) is 3.66. The zero-order valence-electron chi connectivity index (χ0n) is 13.8. The van der Waals surface area contributed by atoms with Gasteiger partial charge in [-0.05, 0) is 28.8 Å². The van der Waals surface area contributed by atoms with E-state index in [2.05, 4.69) is 25.9 Å². The monoisotopic (exact) mass is 428 g/mol. The Labute approximate surface area is 161 Å². The van der Waals surface area contributed by atoms with Gasteiger partial charge >= 0.3 is 0 Å². The van der Waals surface area contributed by atoms with Gasteiger partial charge in [0.05, 0.1) is 10.6 Å². The van der Waals surface area contributed by atoms with E-state index >= 15 is 0 Å². The quantitative estimate of drug-likeness (QED) is 0.358. The molecule has 0 bridgehead atoms. The molecule has 0 atom stereocenters. The zero-order valence-corrected chi connectivity index (χ0v) is 16.2. The van der Waals surface area contributed by atoms with Crippen molar-refractivity contribution < 1.29 is 8.42 Å². The number of nitrogens with zero attached hydrogens (tertiary/aromatic N) is 1. The molecule has 26 heavy (non-hydrogen) atoms. The van der Waals surface area contributed by atoms with Gasteiger partial charge in [0.15, 0.2) is 0 Å². The number of hydrogen-bond donors (Lipinski definition) is 1. The van der Waals surface area contributed by atoms with Crippen LogP contribution in [0.5, 0.6) is 0 Å². The van der Waals surface area contributed by atoms with Crippen LogP contribution >= 0.6 is 15.9 Å². The normalized spacial score (nSPS) is 12.0. The SMILES string of the molecule is O=S(=O)(N/N=C(\CBr)c1ccc(-c2ccccc2)cc1)c1ccccc1. The van der Waals surface area contributed by atoms with Gasteiger partial charge < -0.3 is 0 Å². The largest absolute Gasteiger partial charge is 0.276 e. The molecule has 6 heteroatoms. The van der Waals surface area contributed by atoms with Crippen molar-refractivity contribution in [3.8, 4) is 11.1 Å². The first-order valence-electron chi connectivity index (χ1n) is 7.95. The van der Waals surface area contributed by atoms with Crippen molar-refractivity contribution in [1.82, 2.24) is 4.83 Å². The molecular weight excluding hydrogens is 412 g/mol. The van der Waals surface area contributed by atoms with Crippen LogP contribution in [-0.2, 0) is 10.0 Å². The predicted octanol–water partition coefficient (Wildman–Crippen LogP) is 4.43. The predicted molar refractivity (Wildman–Crippen MR) is 109 cm³/mol. The number of hydrogen-bond acceptors (Lipinski definition) is 3. The maximum Gasteiger partial charge on any atom is 0.276 e. The van der Waals surface area contributed by atoms with E-state index in [0.717, 1.165) is 16.7 Å². The van der Waals surface area contributed by atoms with E-state index in [9.17, 15) is 8.42 Å². The van der Waals surface area contributed by atoms with Gasteiger partial charge in [-0.1, -0.05) is 88.7 Å². The van der Waals surface area contributed by atoms with Gasteiger partial charge in [-0.25, -0.2) is 0 Å². The molecule has 0 saturated carbocycles. The van der Waals surface area contributed by atoms with Gasteiger partial charge in [-0.2, -0.15) is 18.4 Å². The zero-order chi connectivity index (χ0) is 18.4. The van der Waals surface area contributed by atoms with Gasteiger partial charge in [0.25, 0.3) is 10.0 Å². The summed E-state index contributed by atoms with van der Waals surface area (Å²) in [6.45, 7) is 0. The lowest BCUT2D eigenvalue weighted by Gasteiger charge is -2.08. The van der Waals surface area contributed by atoms with E-state index < -0.39 is 10.0 Å². The van der Waals surface area contributed by atoms with E-state index in [1.807, 2.05) is 54.6 Å². The van der Waals surface area contributed by atoms with Crippen molar-refractivity contribution >= 4 is 31.7 Å². The molecule has 0 saturated heterocycles. The third-order valence-corrected chi connectivity index (χ3v) is 5.56. The summed E-state index contributed by atoms with van der Waals surface area (Å²) in [4.78, 5) is 2.48. The Morgan fingerprint density at radius 2 is 1.35 bits per heavy atom. The van der Waals surface area contributed by atoms with E-state index in [-0.39, 0.29) is 4.90 Å². The Morgan fingerprint density at radius 1 is 0.808 bits per heavy atom. The topological polar surface area (TPSA) is 58.5 Å². The molecule has 0 aliphatic heterocycles. The lowest BCUT2D eigenvalue weighted by molar-refractivity contribution is 0.584.